The van der Waals surface area contributed by atoms with E-state index in [4.69, 9.17) is 10.4 Å². The van der Waals surface area contributed by atoms with Gasteiger partial charge in [-0.3, -0.25) is 0 Å². The second-order valence-electron chi connectivity index (χ2n) is 3.90. The zero-order valence-corrected chi connectivity index (χ0v) is 11.1. The third-order valence-corrected chi connectivity index (χ3v) is 4.47. The van der Waals surface area contributed by atoms with Crippen LogP contribution in [-0.4, -0.2) is 42.0 Å². The van der Waals surface area contributed by atoms with Crippen LogP contribution in [0, 0.1) is 11.3 Å². The van der Waals surface area contributed by atoms with Gasteiger partial charge in [-0.05, 0) is 26.0 Å². The predicted octanol–water partition coefficient (Wildman–Crippen LogP) is 0.345. The monoisotopic (exact) mass is 269 g/mol. The summed E-state index contributed by atoms with van der Waals surface area (Å²) in [4.78, 5) is 3.61. The van der Waals surface area contributed by atoms with E-state index >= 15 is 0 Å². The molecule has 18 heavy (non-hydrogen) atoms. The summed E-state index contributed by atoms with van der Waals surface area (Å²) in [6.07, 6.45) is 1.36. The number of pyridine rings is 1. The molecule has 1 aromatic rings. The predicted molar refractivity (Wildman–Crippen MR) is 65.1 cm³/mol. The molecule has 0 amide bonds. The van der Waals surface area contributed by atoms with Crippen molar-refractivity contribution in [2.24, 2.45) is 0 Å². The van der Waals surface area contributed by atoms with Gasteiger partial charge in [0.2, 0.25) is 10.0 Å². The molecule has 98 valence electrons. The normalized spacial score (nSPS) is 11.8. The maximum Gasteiger partial charge on any atom is 0.246 e. The lowest BCUT2D eigenvalue weighted by atomic mass is 10.4. The van der Waals surface area contributed by atoms with Gasteiger partial charge in [0.25, 0.3) is 0 Å². The number of nitriles is 1. The molecule has 0 bridgehead atoms. The molecule has 0 aliphatic heterocycles. The van der Waals surface area contributed by atoms with Gasteiger partial charge in [-0.15, -0.1) is 0 Å². The highest BCUT2D eigenvalue weighted by Gasteiger charge is 2.29. The molecule has 0 radical (unpaired) electrons. The van der Waals surface area contributed by atoms with Crippen LogP contribution in [0.15, 0.2) is 23.2 Å². The zero-order valence-electron chi connectivity index (χ0n) is 10.2. The van der Waals surface area contributed by atoms with Crippen molar-refractivity contribution in [3.63, 3.8) is 0 Å². The van der Waals surface area contributed by atoms with Crippen molar-refractivity contribution < 1.29 is 13.5 Å². The van der Waals surface area contributed by atoms with Crippen molar-refractivity contribution in [2.45, 2.75) is 24.8 Å². The number of aromatic nitrogens is 1. The molecule has 1 heterocycles. The third-order valence-electron chi connectivity index (χ3n) is 2.36. The van der Waals surface area contributed by atoms with Gasteiger partial charge in [-0.25, -0.2) is 13.4 Å². The molecule has 0 unspecified atom stereocenters. The quantitative estimate of drug-likeness (QED) is 0.832. The Balaban J connectivity index is 3.32. The second kappa shape index (κ2) is 5.91. The largest absolute Gasteiger partial charge is 0.395 e. The second-order valence-corrected chi connectivity index (χ2v) is 5.75. The third kappa shape index (κ3) is 2.85. The fraction of sp³-hybridized carbons (Fsp3) is 0.455. The summed E-state index contributed by atoms with van der Waals surface area (Å²) in [6.45, 7) is 3.12. The lowest BCUT2D eigenvalue weighted by Crippen LogP contribution is -2.39. The van der Waals surface area contributed by atoms with E-state index in [-0.39, 0.29) is 29.8 Å². The summed E-state index contributed by atoms with van der Waals surface area (Å²) < 4.78 is 25.9. The van der Waals surface area contributed by atoms with Crippen LogP contribution in [0.5, 0.6) is 0 Å². The molecular weight excluding hydrogens is 254 g/mol. The fourth-order valence-corrected chi connectivity index (χ4v) is 3.29. The van der Waals surface area contributed by atoms with Gasteiger partial charge >= 0.3 is 0 Å². The summed E-state index contributed by atoms with van der Waals surface area (Å²) in [5.41, 5.74) is -0.138. The van der Waals surface area contributed by atoms with E-state index in [2.05, 4.69) is 4.98 Å². The van der Waals surface area contributed by atoms with Gasteiger partial charge < -0.3 is 5.11 Å². The number of hydrogen-bond donors (Lipinski definition) is 1. The molecule has 1 aromatic heterocycles. The van der Waals surface area contributed by atoms with Crippen molar-refractivity contribution in [3.8, 4) is 6.07 Å². The molecule has 7 heteroatoms. The van der Waals surface area contributed by atoms with E-state index in [0.717, 1.165) is 4.31 Å². The SMILES string of the molecule is CC(C)N(CCO)S(=O)(=O)c1cccnc1C#N. The van der Waals surface area contributed by atoms with Crippen LogP contribution >= 0.6 is 0 Å². The Kier molecular flexibility index (Phi) is 4.78. The van der Waals surface area contributed by atoms with Crippen LogP contribution < -0.4 is 0 Å². The molecule has 0 aromatic carbocycles. The van der Waals surface area contributed by atoms with Crippen molar-refractivity contribution in [1.29, 1.82) is 5.26 Å². The molecular formula is C11H15N3O3S. The molecule has 0 aliphatic carbocycles. The first kappa shape index (κ1) is 14.6. The average Bonchev–Trinajstić information content (AvgIpc) is 2.35. The van der Waals surface area contributed by atoms with Crippen molar-refractivity contribution in [2.75, 3.05) is 13.2 Å². The lowest BCUT2D eigenvalue weighted by molar-refractivity contribution is 0.236. The number of aliphatic hydroxyl groups excluding tert-OH is 1. The van der Waals surface area contributed by atoms with Crippen LogP contribution in [-0.2, 0) is 10.0 Å². The number of nitrogens with zero attached hydrogens (tertiary/aromatic N) is 3. The molecule has 0 saturated carbocycles. The molecule has 6 nitrogen and oxygen atoms in total. The Morgan fingerprint density at radius 2 is 2.22 bits per heavy atom. The van der Waals surface area contributed by atoms with Crippen LogP contribution in [0.25, 0.3) is 0 Å². The highest BCUT2D eigenvalue weighted by atomic mass is 32.2. The van der Waals surface area contributed by atoms with Crippen LogP contribution in [0.4, 0.5) is 0 Å². The van der Waals surface area contributed by atoms with Gasteiger partial charge in [0, 0.05) is 18.8 Å². The number of sulfonamides is 1. The molecule has 0 spiro atoms. The molecule has 0 saturated heterocycles. The molecule has 1 N–H and O–H groups in total. The van der Waals surface area contributed by atoms with Crippen LogP contribution in [0.1, 0.15) is 19.5 Å². The standard InChI is InChI=1S/C11H15N3O3S/c1-9(2)14(6-7-15)18(16,17)11-4-3-5-13-10(11)8-12/h3-5,9,15H,6-7H2,1-2H3. The Hall–Kier alpha value is -1.49. The van der Waals surface area contributed by atoms with Crippen molar-refractivity contribution in [3.05, 3.63) is 24.0 Å². The van der Waals surface area contributed by atoms with E-state index in [0.29, 0.717) is 0 Å². The Morgan fingerprint density at radius 1 is 1.56 bits per heavy atom. The summed E-state index contributed by atoms with van der Waals surface area (Å²) in [5, 5.41) is 17.8. The van der Waals surface area contributed by atoms with E-state index in [1.807, 2.05) is 0 Å². The summed E-state index contributed by atoms with van der Waals surface area (Å²) in [6, 6.07) is 4.25. The average molecular weight is 269 g/mol. The van der Waals surface area contributed by atoms with E-state index in [1.165, 1.54) is 18.3 Å². The number of rotatable bonds is 5. The van der Waals surface area contributed by atoms with Crippen LogP contribution in [0.2, 0.25) is 0 Å². The minimum Gasteiger partial charge on any atom is -0.395 e. The summed E-state index contributed by atoms with van der Waals surface area (Å²) >= 11 is 0. The first-order valence-corrected chi connectivity index (χ1v) is 6.87. The number of aliphatic hydroxyl groups is 1. The van der Waals surface area contributed by atoms with Gasteiger partial charge in [-0.1, -0.05) is 0 Å². The molecule has 1 rings (SSSR count). The molecule has 0 fully saturated rings. The van der Waals surface area contributed by atoms with E-state index < -0.39 is 10.0 Å². The minimum atomic E-state index is -3.82. The van der Waals surface area contributed by atoms with Crippen molar-refractivity contribution in [1.82, 2.24) is 9.29 Å². The summed E-state index contributed by atoms with van der Waals surface area (Å²) in [5.74, 6) is 0. The molecule has 0 aliphatic rings. The van der Waals surface area contributed by atoms with Crippen molar-refractivity contribution >= 4 is 10.0 Å². The van der Waals surface area contributed by atoms with Gasteiger partial charge in [0.05, 0.1) is 6.61 Å². The lowest BCUT2D eigenvalue weighted by Gasteiger charge is -2.25. The van der Waals surface area contributed by atoms with Gasteiger partial charge in [0.15, 0.2) is 5.69 Å². The fourth-order valence-electron chi connectivity index (χ4n) is 1.56. The maximum atomic E-state index is 12.4. The molecule has 0 atom stereocenters. The zero-order chi connectivity index (χ0) is 13.8. The van der Waals surface area contributed by atoms with E-state index in [1.54, 1.807) is 19.9 Å². The Morgan fingerprint density at radius 3 is 2.72 bits per heavy atom. The smallest absolute Gasteiger partial charge is 0.246 e. The highest BCUT2D eigenvalue weighted by molar-refractivity contribution is 7.89. The Bertz CT molecular complexity index is 549. The van der Waals surface area contributed by atoms with Gasteiger partial charge in [0.1, 0.15) is 11.0 Å². The summed E-state index contributed by atoms with van der Waals surface area (Å²) in [7, 11) is -3.82. The Labute approximate surface area is 107 Å². The number of hydrogen-bond acceptors (Lipinski definition) is 5. The minimum absolute atomic E-state index is 0.0141. The van der Waals surface area contributed by atoms with Gasteiger partial charge in [-0.2, -0.15) is 9.57 Å². The van der Waals surface area contributed by atoms with Crippen LogP contribution in [0.3, 0.4) is 0 Å². The first-order chi connectivity index (χ1) is 8.45. The van der Waals surface area contributed by atoms with E-state index in [9.17, 15) is 8.42 Å². The topological polar surface area (TPSA) is 94.3 Å². The highest BCUT2D eigenvalue weighted by Crippen LogP contribution is 2.19. The maximum absolute atomic E-state index is 12.4. The first-order valence-electron chi connectivity index (χ1n) is 5.43.